The SMILES string of the molecule is CN=C(NOC(=O)c1ccccc1)C1c2c(cnn2C)[C@@H](C)CN1C(C)=O. The number of nitrogens with one attached hydrogen (secondary N) is 1. The van der Waals surface area contributed by atoms with Crippen molar-refractivity contribution < 1.29 is 14.4 Å². The van der Waals surface area contributed by atoms with E-state index in [4.69, 9.17) is 4.84 Å². The Morgan fingerprint density at radius 1 is 1.30 bits per heavy atom. The van der Waals surface area contributed by atoms with Gasteiger partial charge in [0, 0.05) is 39.0 Å². The Balaban J connectivity index is 1.88. The molecular formula is C19H23N5O3. The second kappa shape index (κ2) is 7.61. The highest BCUT2D eigenvalue weighted by Crippen LogP contribution is 2.36. The fourth-order valence-electron chi connectivity index (χ4n) is 3.37. The molecule has 3 rings (SSSR count). The molecule has 1 unspecified atom stereocenters. The number of carbonyl (C=O) groups excluding carboxylic acids is 2. The van der Waals surface area contributed by atoms with Crippen molar-refractivity contribution in [1.82, 2.24) is 20.2 Å². The largest absolute Gasteiger partial charge is 0.362 e. The normalized spacial score (nSPS) is 19.4. The minimum atomic E-state index is -0.527. The quantitative estimate of drug-likeness (QED) is 0.495. The number of nitrogens with zero attached hydrogens (tertiary/aromatic N) is 4. The van der Waals surface area contributed by atoms with Crippen LogP contribution in [-0.4, -0.2) is 46.0 Å². The van der Waals surface area contributed by atoms with Gasteiger partial charge < -0.3 is 9.74 Å². The first kappa shape index (κ1) is 18.6. The average molecular weight is 369 g/mol. The van der Waals surface area contributed by atoms with Crippen LogP contribution >= 0.6 is 0 Å². The number of aromatic nitrogens is 2. The molecule has 1 aromatic carbocycles. The fraction of sp³-hybridized carbons (Fsp3) is 0.368. The van der Waals surface area contributed by atoms with E-state index >= 15 is 0 Å². The van der Waals surface area contributed by atoms with Crippen LogP contribution in [0.15, 0.2) is 41.5 Å². The van der Waals surface area contributed by atoms with Crippen LogP contribution in [0.2, 0.25) is 0 Å². The van der Waals surface area contributed by atoms with Gasteiger partial charge >= 0.3 is 5.97 Å². The van der Waals surface area contributed by atoms with E-state index in [-0.39, 0.29) is 11.8 Å². The van der Waals surface area contributed by atoms with Crippen molar-refractivity contribution in [3.05, 3.63) is 53.3 Å². The molecule has 0 saturated heterocycles. The van der Waals surface area contributed by atoms with Crippen LogP contribution in [0.4, 0.5) is 0 Å². The molecule has 2 atom stereocenters. The zero-order chi connectivity index (χ0) is 19.6. The predicted octanol–water partition coefficient (Wildman–Crippen LogP) is 1.82. The van der Waals surface area contributed by atoms with Crippen LogP contribution in [0.5, 0.6) is 0 Å². The number of carbonyl (C=O) groups is 2. The number of hydrogen-bond donors (Lipinski definition) is 1. The molecule has 1 amide bonds. The number of benzene rings is 1. The zero-order valence-corrected chi connectivity index (χ0v) is 15.8. The number of aryl methyl sites for hydroxylation is 1. The minimum absolute atomic E-state index is 0.0870. The van der Waals surface area contributed by atoms with Crippen molar-refractivity contribution in [3.63, 3.8) is 0 Å². The highest BCUT2D eigenvalue weighted by Gasteiger charge is 2.39. The molecule has 1 aliphatic heterocycles. The Morgan fingerprint density at radius 3 is 2.63 bits per heavy atom. The van der Waals surface area contributed by atoms with Crippen molar-refractivity contribution in [2.45, 2.75) is 25.8 Å². The lowest BCUT2D eigenvalue weighted by Gasteiger charge is -2.38. The first-order valence-electron chi connectivity index (χ1n) is 8.72. The van der Waals surface area contributed by atoms with Crippen LogP contribution in [-0.2, 0) is 16.7 Å². The zero-order valence-electron chi connectivity index (χ0n) is 15.8. The lowest BCUT2D eigenvalue weighted by molar-refractivity contribution is -0.130. The molecule has 0 spiro atoms. The van der Waals surface area contributed by atoms with Gasteiger partial charge in [-0.15, -0.1) is 0 Å². The van der Waals surface area contributed by atoms with Crippen LogP contribution in [0.1, 0.15) is 47.4 Å². The second-order valence-corrected chi connectivity index (χ2v) is 6.55. The highest BCUT2D eigenvalue weighted by atomic mass is 16.7. The second-order valence-electron chi connectivity index (χ2n) is 6.55. The Hall–Kier alpha value is -3.16. The third kappa shape index (κ3) is 3.55. The van der Waals surface area contributed by atoms with E-state index in [1.54, 1.807) is 40.9 Å². The van der Waals surface area contributed by atoms with E-state index in [2.05, 4.69) is 22.5 Å². The monoisotopic (exact) mass is 369 g/mol. The van der Waals surface area contributed by atoms with Gasteiger partial charge in [0.15, 0.2) is 5.84 Å². The summed E-state index contributed by atoms with van der Waals surface area (Å²) in [5, 5.41) is 4.34. The number of fused-ring (bicyclic) bond motifs is 1. The first-order chi connectivity index (χ1) is 12.9. The molecule has 0 radical (unpaired) electrons. The van der Waals surface area contributed by atoms with Crippen LogP contribution in [0.25, 0.3) is 0 Å². The molecule has 142 valence electrons. The molecule has 1 N–H and O–H groups in total. The molecular weight excluding hydrogens is 346 g/mol. The summed E-state index contributed by atoms with van der Waals surface area (Å²) in [5.74, 6) is -0.0957. The number of hydroxylamine groups is 1. The average Bonchev–Trinajstić information content (AvgIpc) is 3.06. The van der Waals surface area contributed by atoms with Gasteiger partial charge in [0.1, 0.15) is 6.04 Å². The van der Waals surface area contributed by atoms with E-state index in [0.717, 1.165) is 11.3 Å². The van der Waals surface area contributed by atoms with Crippen molar-refractivity contribution >= 4 is 17.7 Å². The van der Waals surface area contributed by atoms with Gasteiger partial charge in [-0.3, -0.25) is 14.5 Å². The maximum Gasteiger partial charge on any atom is 0.362 e. The lowest BCUT2D eigenvalue weighted by atomic mass is 9.91. The maximum absolute atomic E-state index is 12.3. The molecule has 8 heteroatoms. The van der Waals surface area contributed by atoms with Crippen molar-refractivity contribution in [2.24, 2.45) is 12.0 Å². The van der Waals surface area contributed by atoms with Crippen LogP contribution in [0.3, 0.4) is 0 Å². The fourth-order valence-corrected chi connectivity index (χ4v) is 3.37. The predicted molar refractivity (Wildman–Crippen MR) is 100 cm³/mol. The van der Waals surface area contributed by atoms with Gasteiger partial charge in [-0.2, -0.15) is 5.10 Å². The summed E-state index contributed by atoms with van der Waals surface area (Å²) in [6.07, 6.45) is 1.81. The molecule has 0 fully saturated rings. The molecule has 8 nitrogen and oxygen atoms in total. The van der Waals surface area contributed by atoms with E-state index in [1.165, 1.54) is 6.92 Å². The van der Waals surface area contributed by atoms with Crippen molar-refractivity contribution in [1.29, 1.82) is 0 Å². The molecule has 27 heavy (non-hydrogen) atoms. The molecule has 1 aromatic heterocycles. The maximum atomic E-state index is 12.3. The molecule has 0 aliphatic carbocycles. The molecule has 0 saturated carbocycles. The topological polar surface area (TPSA) is 88.8 Å². The molecule has 2 aromatic rings. The van der Waals surface area contributed by atoms with E-state index < -0.39 is 12.0 Å². The summed E-state index contributed by atoms with van der Waals surface area (Å²) >= 11 is 0. The summed E-state index contributed by atoms with van der Waals surface area (Å²) in [7, 11) is 3.41. The van der Waals surface area contributed by atoms with Gasteiger partial charge in [0.2, 0.25) is 5.91 Å². The Labute approximate surface area is 157 Å². The molecule has 0 bridgehead atoms. The summed E-state index contributed by atoms with van der Waals surface area (Å²) in [4.78, 5) is 35.7. The highest BCUT2D eigenvalue weighted by molar-refractivity contribution is 5.94. The van der Waals surface area contributed by atoms with Crippen LogP contribution in [0, 0.1) is 0 Å². The third-order valence-electron chi connectivity index (χ3n) is 4.75. The third-order valence-corrected chi connectivity index (χ3v) is 4.75. The van der Waals surface area contributed by atoms with Gasteiger partial charge in [0.05, 0.1) is 17.5 Å². The van der Waals surface area contributed by atoms with Gasteiger partial charge in [-0.05, 0) is 12.1 Å². The van der Waals surface area contributed by atoms with Gasteiger partial charge in [-0.25, -0.2) is 10.3 Å². The number of amides is 1. The minimum Gasteiger partial charge on any atom is -0.337 e. The van der Waals surface area contributed by atoms with Crippen LogP contribution < -0.4 is 5.48 Å². The van der Waals surface area contributed by atoms with Gasteiger partial charge in [-0.1, -0.05) is 25.1 Å². The number of rotatable bonds is 2. The first-order valence-corrected chi connectivity index (χ1v) is 8.72. The van der Waals surface area contributed by atoms with Crippen molar-refractivity contribution in [3.8, 4) is 0 Å². The van der Waals surface area contributed by atoms with E-state index in [0.29, 0.717) is 17.9 Å². The number of aliphatic imine (C=N–C) groups is 1. The summed E-state index contributed by atoms with van der Waals surface area (Å²) in [5.41, 5.74) is 4.99. The summed E-state index contributed by atoms with van der Waals surface area (Å²) in [6.45, 7) is 4.11. The lowest BCUT2D eigenvalue weighted by Crippen LogP contribution is -2.48. The molecule has 1 aliphatic rings. The standard InChI is InChI=1S/C19H23N5O3/c1-12-11-24(13(2)25)17(16-15(12)10-21-23(16)4)18(20-3)22-27-19(26)14-8-6-5-7-9-14/h5-10,12,17H,11H2,1-4H3,(H,20,22)/t12-,17?/m0/s1. The Kier molecular flexibility index (Phi) is 5.25. The van der Waals surface area contributed by atoms with Crippen molar-refractivity contribution in [2.75, 3.05) is 13.6 Å². The van der Waals surface area contributed by atoms with E-state index in [9.17, 15) is 9.59 Å². The Bertz CT molecular complexity index is 875. The molecule has 2 heterocycles. The number of hydrogen-bond acceptors (Lipinski definition) is 5. The smallest absolute Gasteiger partial charge is 0.337 e. The van der Waals surface area contributed by atoms with Gasteiger partial charge in [0.25, 0.3) is 0 Å². The van der Waals surface area contributed by atoms with E-state index in [1.807, 2.05) is 19.3 Å². The Morgan fingerprint density at radius 2 is 2.00 bits per heavy atom. The summed E-state index contributed by atoms with van der Waals surface area (Å²) < 4.78 is 1.73. The number of amidine groups is 1. The summed E-state index contributed by atoms with van der Waals surface area (Å²) in [6, 6.07) is 8.16.